The molecule has 112 valence electrons. The van der Waals surface area contributed by atoms with Crippen molar-refractivity contribution < 1.29 is 4.79 Å². The highest BCUT2D eigenvalue weighted by molar-refractivity contribution is 7.99. The molecule has 21 heavy (non-hydrogen) atoms. The second kappa shape index (κ2) is 6.20. The van der Waals surface area contributed by atoms with Gasteiger partial charge in [-0.05, 0) is 24.3 Å². The van der Waals surface area contributed by atoms with Gasteiger partial charge in [0.1, 0.15) is 5.78 Å². The van der Waals surface area contributed by atoms with Crippen LogP contribution in [0.4, 0.5) is 0 Å². The molecule has 0 saturated carbocycles. The van der Waals surface area contributed by atoms with Crippen LogP contribution in [0.3, 0.4) is 0 Å². The van der Waals surface area contributed by atoms with Crippen LogP contribution in [0.2, 0.25) is 5.02 Å². The normalized spacial score (nSPS) is 11.7. The summed E-state index contributed by atoms with van der Waals surface area (Å²) in [6, 6.07) is 7.45. The van der Waals surface area contributed by atoms with Gasteiger partial charge in [0.15, 0.2) is 11.0 Å². The lowest BCUT2D eigenvalue weighted by atomic mass is 9.92. The van der Waals surface area contributed by atoms with E-state index in [1.54, 1.807) is 0 Å². The highest BCUT2D eigenvalue weighted by atomic mass is 35.5. The molecule has 0 amide bonds. The van der Waals surface area contributed by atoms with Crippen LogP contribution in [0.15, 0.2) is 29.4 Å². The second-order valence-corrected chi connectivity index (χ2v) is 7.21. The van der Waals surface area contributed by atoms with Crippen LogP contribution in [0, 0.1) is 5.41 Å². The molecule has 0 radical (unpaired) electrons. The first-order chi connectivity index (χ1) is 9.79. The van der Waals surface area contributed by atoms with Crippen molar-refractivity contribution in [2.75, 3.05) is 5.75 Å². The van der Waals surface area contributed by atoms with E-state index in [1.807, 2.05) is 56.7 Å². The molecule has 0 fully saturated rings. The summed E-state index contributed by atoms with van der Waals surface area (Å²) >= 11 is 7.30. The van der Waals surface area contributed by atoms with E-state index in [4.69, 9.17) is 11.6 Å². The monoisotopic (exact) mass is 323 g/mol. The minimum Gasteiger partial charge on any atom is -0.305 e. The van der Waals surface area contributed by atoms with E-state index in [-0.39, 0.29) is 11.2 Å². The van der Waals surface area contributed by atoms with Gasteiger partial charge in [0.05, 0.1) is 5.75 Å². The first-order valence-corrected chi connectivity index (χ1v) is 7.97. The van der Waals surface area contributed by atoms with Gasteiger partial charge in [-0.25, -0.2) is 0 Å². The Kier molecular flexibility index (Phi) is 4.74. The fraction of sp³-hybridized carbons (Fsp3) is 0.400. The SMILES string of the molecule is Cn1c(SCC(=O)C(C)(C)C)nnc1-c1ccc(Cl)cc1. The van der Waals surface area contributed by atoms with Crippen molar-refractivity contribution in [1.82, 2.24) is 14.8 Å². The molecule has 0 aliphatic rings. The summed E-state index contributed by atoms with van der Waals surface area (Å²) in [5.74, 6) is 1.36. The zero-order valence-electron chi connectivity index (χ0n) is 12.6. The molecule has 4 nitrogen and oxygen atoms in total. The lowest BCUT2D eigenvalue weighted by Crippen LogP contribution is -2.22. The summed E-state index contributed by atoms with van der Waals surface area (Å²) in [4.78, 5) is 12.0. The summed E-state index contributed by atoms with van der Waals surface area (Å²) in [6.45, 7) is 5.77. The number of hydrogen-bond donors (Lipinski definition) is 0. The molecule has 1 aromatic heterocycles. The Bertz CT molecular complexity index is 644. The minimum absolute atomic E-state index is 0.198. The van der Waals surface area contributed by atoms with Crippen LogP contribution in [-0.4, -0.2) is 26.3 Å². The summed E-state index contributed by atoms with van der Waals surface area (Å²) in [5.41, 5.74) is 0.619. The summed E-state index contributed by atoms with van der Waals surface area (Å²) in [7, 11) is 1.90. The molecule has 0 atom stereocenters. The molecular formula is C15H18ClN3OS. The summed E-state index contributed by atoms with van der Waals surface area (Å²) < 4.78 is 1.89. The van der Waals surface area contributed by atoms with E-state index < -0.39 is 0 Å². The van der Waals surface area contributed by atoms with E-state index in [2.05, 4.69) is 10.2 Å². The average molecular weight is 324 g/mol. The number of thioether (sulfide) groups is 1. The molecule has 0 N–H and O–H groups in total. The van der Waals surface area contributed by atoms with Gasteiger partial charge < -0.3 is 4.57 Å². The third-order valence-electron chi connectivity index (χ3n) is 3.11. The Morgan fingerprint density at radius 1 is 1.24 bits per heavy atom. The van der Waals surface area contributed by atoms with Gasteiger partial charge in [-0.3, -0.25) is 4.79 Å². The Morgan fingerprint density at radius 2 is 1.86 bits per heavy atom. The largest absolute Gasteiger partial charge is 0.305 e. The van der Waals surface area contributed by atoms with Crippen LogP contribution in [0.1, 0.15) is 20.8 Å². The van der Waals surface area contributed by atoms with Crippen LogP contribution in [0.5, 0.6) is 0 Å². The zero-order valence-corrected chi connectivity index (χ0v) is 14.1. The maximum Gasteiger partial charge on any atom is 0.191 e. The predicted molar refractivity (Wildman–Crippen MR) is 86.6 cm³/mol. The van der Waals surface area contributed by atoms with Gasteiger partial charge in [0.25, 0.3) is 0 Å². The number of rotatable bonds is 4. The lowest BCUT2D eigenvalue weighted by Gasteiger charge is -2.15. The molecule has 2 aromatic rings. The van der Waals surface area contributed by atoms with Crippen LogP contribution >= 0.6 is 23.4 Å². The Labute approximate surface area is 133 Å². The minimum atomic E-state index is -0.329. The number of carbonyl (C=O) groups excluding carboxylic acids is 1. The van der Waals surface area contributed by atoms with E-state index in [0.717, 1.165) is 16.5 Å². The van der Waals surface area contributed by atoms with Crippen molar-refractivity contribution in [3.63, 3.8) is 0 Å². The van der Waals surface area contributed by atoms with Crippen molar-refractivity contribution in [1.29, 1.82) is 0 Å². The molecule has 0 unspecified atom stereocenters. The van der Waals surface area contributed by atoms with E-state index in [0.29, 0.717) is 10.8 Å². The van der Waals surface area contributed by atoms with Crippen molar-refractivity contribution in [3.05, 3.63) is 29.3 Å². The highest BCUT2D eigenvalue weighted by Gasteiger charge is 2.22. The number of hydrogen-bond acceptors (Lipinski definition) is 4. The standard InChI is InChI=1S/C15H18ClN3OS/c1-15(2,3)12(20)9-21-14-18-17-13(19(14)4)10-5-7-11(16)8-6-10/h5-8H,9H2,1-4H3. The van der Waals surface area contributed by atoms with Crippen molar-refractivity contribution >= 4 is 29.1 Å². The Balaban J connectivity index is 2.14. The van der Waals surface area contributed by atoms with E-state index in [9.17, 15) is 4.79 Å². The number of aromatic nitrogens is 3. The highest BCUT2D eigenvalue weighted by Crippen LogP contribution is 2.25. The van der Waals surface area contributed by atoms with E-state index in [1.165, 1.54) is 11.8 Å². The molecular weight excluding hydrogens is 306 g/mol. The molecule has 0 aliphatic carbocycles. The first kappa shape index (κ1) is 16.0. The molecule has 2 rings (SSSR count). The number of ketones is 1. The predicted octanol–water partition coefficient (Wildman–Crippen LogP) is 3.84. The number of carbonyl (C=O) groups is 1. The van der Waals surface area contributed by atoms with Gasteiger partial charge in [-0.2, -0.15) is 0 Å². The summed E-state index contributed by atoms with van der Waals surface area (Å²) in [6.07, 6.45) is 0. The number of nitrogens with zero attached hydrogens (tertiary/aromatic N) is 3. The van der Waals surface area contributed by atoms with Gasteiger partial charge >= 0.3 is 0 Å². The zero-order chi connectivity index (χ0) is 15.6. The van der Waals surface area contributed by atoms with Crippen LogP contribution in [0.25, 0.3) is 11.4 Å². The Morgan fingerprint density at radius 3 is 2.43 bits per heavy atom. The summed E-state index contributed by atoms with van der Waals surface area (Å²) in [5, 5.41) is 9.77. The molecule has 0 aliphatic heterocycles. The second-order valence-electron chi connectivity index (χ2n) is 5.83. The Hall–Kier alpha value is -1.33. The molecule has 0 saturated heterocycles. The smallest absolute Gasteiger partial charge is 0.191 e. The van der Waals surface area contributed by atoms with Crippen molar-refractivity contribution in [2.24, 2.45) is 12.5 Å². The first-order valence-electron chi connectivity index (χ1n) is 6.60. The van der Waals surface area contributed by atoms with E-state index >= 15 is 0 Å². The number of benzene rings is 1. The van der Waals surface area contributed by atoms with Crippen LogP contribution in [-0.2, 0) is 11.8 Å². The van der Waals surface area contributed by atoms with Gasteiger partial charge in [0, 0.05) is 23.0 Å². The molecule has 1 heterocycles. The third-order valence-corrected chi connectivity index (χ3v) is 4.38. The quantitative estimate of drug-likeness (QED) is 0.802. The maximum atomic E-state index is 12.0. The lowest BCUT2D eigenvalue weighted by molar-refractivity contribution is -0.123. The number of Topliss-reactive ketones (excluding diaryl/α,β-unsaturated/α-hetero) is 1. The molecule has 0 bridgehead atoms. The van der Waals surface area contributed by atoms with Gasteiger partial charge in [0.2, 0.25) is 0 Å². The van der Waals surface area contributed by atoms with Crippen molar-refractivity contribution in [3.8, 4) is 11.4 Å². The van der Waals surface area contributed by atoms with Crippen molar-refractivity contribution in [2.45, 2.75) is 25.9 Å². The fourth-order valence-electron chi connectivity index (χ4n) is 1.64. The molecule has 1 aromatic carbocycles. The van der Waals surface area contributed by atoms with Crippen LogP contribution < -0.4 is 0 Å². The van der Waals surface area contributed by atoms with Gasteiger partial charge in [-0.15, -0.1) is 10.2 Å². The maximum absolute atomic E-state index is 12.0. The average Bonchev–Trinajstić information content (AvgIpc) is 2.77. The molecule has 6 heteroatoms. The third kappa shape index (κ3) is 3.86. The molecule has 0 spiro atoms. The van der Waals surface area contributed by atoms with Gasteiger partial charge in [-0.1, -0.05) is 44.1 Å². The number of halogens is 1. The fourth-order valence-corrected chi connectivity index (χ4v) is 2.84. The topological polar surface area (TPSA) is 47.8 Å².